The molecule has 1 rings (SSSR count). The Kier molecular flexibility index (Phi) is 8.51. The van der Waals surface area contributed by atoms with Crippen molar-refractivity contribution in [2.75, 3.05) is 13.7 Å². The van der Waals surface area contributed by atoms with Gasteiger partial charge in [-0.3, -0.25) is 9.59 Å². The van der Waals surface area contributed by atoms with Gasteiger partial charge in [0.2, 0.25) is 5.91 Å². The molecule has 0 N–H and O–H groups in total. The van der Waals surface area contributed by atoms with E-state index in [0.29, 0.717) is 12.6 Å². The van der Waals surface area contributed by atoms with Gasteiger partial charge in [-0.1, -0.05) is 46.5 Å². The largest absolute Gasteiger partial charge is 0.469 e. The molecule has 4 heteroatoms. The second-order valence-electron chi connectivity index (χ2n) is 6.57. The average Bonchev–Trinajstić information content (AvgIpc) is 2.81. The van der Waals surface area contributed by atoms with Crippen LogP contribution in [0.25, 0.3) is 0 Å². The molecule has 0 aromatic heterocycles. The fraction of sp³-hybridized carbons (Fsp3) is 0.889. The molecule has 4 nitrogen and oxygen atoms in total. The van der Waals surface area contributed by atoms with Crippen LogP contribution in [0.1, 0.15) is 72.1 Å². The first-order valence-electron chi connectivity index (χ1n) is 8.93. The lowest BCUT2D eigenvalue weighted by atomic mass is 9.97. The second kappa shape index (κ2) is 9.86. The van der Waals surface area contributed by atoms with Crippen molar-refractivity contribution >= 4 is 11.9 Å². The Bertz CT molecular complexity index is 344. The number of rotatable bonds is 7. The molecule has 128 valence electrons. The van der Waals surface area contributed by atoms with E-state index in [1.165, 1.54) is 32.8 Å². The molecule has 0 bridgehead atoms. The van der Waals surface area contributed by atoms with E-state index < -0.39 is 0 Å². The summed E-state index contributed by atoms with van der Waals surface area (Å²) in [7, 11) is 1.41. The minimum atomic E-state index is -0.258. The first-order valence-corrected chi connectivity index (χ1v) is 8.93. The molecule has 1 aliphatic carbocycles. The van der Waals surface area contributed by atoms with Gasteiger partial charge in [-0.2, -0.15) is 0 Å². The average molecular weight is 311 g/mol. The minimum Gasteiger partial charge on any atom is -0.469 e. The van der Waals surface area contributed by atoms with E-state index in [-0.39, 0.29) is 23.7 Å². The molecule has 0 radical (unpaired) electrons. The normalized spacial score (nSPS) is 17.9. The van der Waals surface area contributed by atoms with Crippen LogP contribution in [-0.2, 0) is 14.3 Å². The fourth-order valence-electron chi connectivity index (χ4n) is 3.43. The quantitative estimate of drug-likeness (QED) is 0.531. The number of methoxy groups -OCH3 is 1. The van der Waals surface area contributed by atoms with Crippen molar-refractivity contribution in [3.63, 3.8) is 0 Å². The Hall–Kier alpha value is -1.06. The molecule has 0 aromatic carbocycles. The second-order valence-corrected chi connectivity index (χ2v) is 6.57. The van der Waals surface area contributed by atoms with Crippen LogP contribution in [0, 0.1) is 11.8 Å². The van der Waals surface area contributed by atoms with Gasteiger partial charge >= 0.3 is 5.97 Å². The number of amides is 1. The molecule has 22 heavy (non-hydrogen) atoms. The first-order chi connectivity index (χ1) is 10.5. The third-order valence-corrected chi connectivity index (χ3v) is 4.96. The molecule has 0 saturated heterocycles. The molecule has 0 aromatic rings. The number of carbonyl (C=O) groups is 2. The summed E-state index contributed by atoms with van der Waals surface area (Å²) in [6.07, 6.45) is 8.76. The van der Waals surface area contributed by atoms with Crippen molar-refractivity contribution < 1.29 is 14.3 Å². The molecule has 1 atom stereocenters. The number of carbonyl (C=O) groups excluding carboxylic acids is 2. The van der Waals surface area contributed by atoms with Gasteiger partial charge in [0.15, 0.2) is 0 Å². The van der Waals surface area contributed by atoms with Gasteiger partial charge in [-0.05, 0) is 25.7 Å². The highest BCUT2D eigenvalue weighted by molar-refractivity contribution is 5.80. The van der Waals surface area contributed by atoms with Crippen molar-refractivity contribution in [2.45, 2.75) is 78.2 Å². The van der Waals surface area contributed by atoms with E-state index in [1.54, 1.807) is 0 Å². The zero-order chi connectivity index (χ0) is 16.5. The van der Waals surface area contributed by atoms with Crippen LogP contribution in [0.5, 0.6) is 0 Å². The highest BCUT2D eigenvalue weighted by Gasteiger charge is 2.31. The summed E-state index contributed by atoms with van der Waals surface area (Å²) < 4.78 is 4.84. The molecule has 0 aliphatic heterocycles. The summed E-state index contributed by atoms with van der Waals surface area (Å²) in [5, 5.41) is 0. The zero-order valence-corrected chi connectivity index (χ0v) is 14.8. The maximum atomic E-state index is 12.9. The molecular weight excluding hydrogens is 278 g/mol. The van der Waals surface area contributed by atoms with Crippen molar-refractivity contribution in [3.05, 3.63) is 0 Å². The van der Waals surface area contributed by atoms with E-state index in [1.807, 2.05) is 11.8 Å². The van der Waals surface area contributed by atoms with Gasteiger partial charge in [-0.15, -0.1) is 0 Å². The van der Waals surface area contributed by atoms with Crippen molar-refractivity contribution in [1.82, 2.24) is 4.90 Å². The van der Waals surface area contributed by atoms with Crippen molar-refractivity contribution in [3.8, 4) is 0 Å². The van der Waals surface area contributed by atoms with Crippen molar-refractivity contribution in [1.29, 1.82) is 0 Å². The number of ether oxygens (including phenoxy) is 1. The topological polar surface area (TPSA) is 46.6 Å². The van der Waals surface area contributed by atoms with Gasteiger partial charge in [0, 0.05) is 18.5 Å². The lowest BCUT2D eigenvalue weighted by Crippen LogP contribution is -2.46. The SMILES string of the molecule is CCC(CC)C(=O)N(CC(C)C(=O)OC)C1CCCCCC1. The zero-order valence-electron chi connectivity index (χ0n) is 14.8. The molecule has 1 fully saturated rings. The van der Waals surface area contributed by atoms with Crippen LogP contribution >= 0.6 is 0 Å². The first kappa shape index (κ1) is 19.0. The smallest absolute Gasteiger partial charge is 0.310 e. The monoisotopic (exact) mass is 311 g/mol. The number of hydrogen-bond acceptors (Lipinski definition) is 3. The highest BCUT2D eigenvalue weighted by Crippen LogP contribution is 2.25. The Morgan fingerprint density at radius 2 is 1.64 bits per heavy atom. The summed E-state index contributed by atoms with van der Waals surface area (Å²) in [6, 6.07) is 0.294. The lowest BCUT2D eigenvalue weighted by Gasteiger charge is -2.35. The third-order valence-electron chi connectivity index (χ3n) is 4.96. The van der Waals surface area contributed by atoms with Gasteiger partial charge in [0.1, 0.15) is 0 Å². The molecule has 1 aliphatic rings. The molecule has 1 unspecified atom stereocenters. The molecule has 0 heterocycles. The van der Waals surface area contributed by atoms with E-state index in [2.05, 4.69) is 13.8 Å². The number of nitrogens with zero attached hydrogens (tertiary/aromatic N) is 1. The molecule has 0 spiro atoms. The number of esters is 1. The van der Waals surface area contributed by atoms with Gasteiger partial charge in [0.05, 0.1) is 13.0 Å². The Morgan fingerprint density at radius 3 is 2.09 bits per heavy atom. The van der Waals surface area contributed by atoms with E-state index in [4.69, 9.17) is 4.74 Å². The van der Waals surface area contributed by atoms with Crippen molar-refractivity contribution in [2.24, 2.45) is 11.8 Å². The predicted octanol–water partition coefficient (Wildman–Crippen LogP) is 3.78. The predicted molar refractivity (Wildman–Crippen MR) is 88.5 cm³/mol. The Morgan fingerprint density at radius 1 is 1.09 bits per heavy atom. The van der Waals surface area contributed by atoms with Crippen LogP contribution in [0.4, 0.5) is 0 Å². The molecule has 1 amide bonds. The number of hydrogen-bond donors (Lipinski definition) is 0. The van der Waals surface area contributed by atoms with E-state index in [0.717, 1.165) is 25.7 Å². The summed E-state index contributed by atoms with van der Waals surface area (Å²) in [5.74, 6) is -0.178. The Balaban J connectivity index is 2.87. The molecular formula is C18H33NO3. The summed E-state index contributed by atoms with van der Waals surface area (Å²) in [4.78, 5) is 26.7. The van der Waals surface area contributed by atoms with E-state index in [9.17, 15) is 9.59 Å². The Labute approximate surface area is 135 Å². The van der Waals surface area contributed by atoms with Crippen LogP contribution in [0.3, 0.4) is 0 Å². The lowest BCUT2D eigenvalue weighted by molar-refractivity contribution is -0.148. The van der Waals surface area contributed by atoms with Crippen LogP contribution < -0.4 is 0 Å². The van der Waals surface area contributed by atoms with Crippen LogP contribution in [0.15, 0.2) is 0 Å². The standard InChI is InChI=1S/C18H33NO3/c1-5-15(6-2)17(20)19(13-14(3)18(21)22-4)16-11-9-7-8-10-12-16/h14-16H,5-13H2,1-4H3. The van der Waals surface area contributed by atoms with E-state index >= 15 is 0 Å². The summed E-state index contributed by atoms with van der Waals surface area (Å²) in [5.41, 5.74) is 0. The van der Waals surface area contributed by atoms with Gasteiger partial charge in [-0.25, -0.2) is 0 Å². The third kappa shape index (κ3) is 5.29. The van der Waals surface area contributed by atoms with Gasteiger partial charge in [0.25, 0.3) is 0 Å². The fourth-order valence-corrected chi connectivity index (χ4v) is 3.43. The maximum Gasteiger partial charge on any atom is 0.310 e. The van der Waals surface area contributed by atoms with Crippen LogP contribution in [-0.4, -0.2) is 36.5 Å². The summed E-state index contributed by atoms with van der Waals surface area (Å²) in [6.45, 7) is 6.49. The van der Waals surface area contributed by atoms with Crippen LogP contribution in [0.2, 0.25) is 0 Å². The summed E-state index contributed by atoms with van der Waals surface area (Å²) >= 11 is 0. The minimum absolute atomic E-state index is 0.0769. The van der Waals surface area contributed by atoms with Gasteiger partial charge < -0.3 is 9.64 Å². The maximum absolute atomic E-state index is 12.9. The highest BCUT2D eigenvalue weighted by atomic mass is 16.5. The molecule has 1 saturated carbocycles.